The molecule has 5 nitrogen and oxygen atoms in total. The fraction of sp³-hybridized carbons (Fsp3) is 0.440. The van der Waals surface area contributed by atoms with E-state index in [1.165, 1.54) is 5.56 Å². The first kappa shape index (κ1) is 23.5. The van der Waals surface area contributed by atoms with E-state index in [1.807, 2.05) is 61.5 Å². The molecule has 5 heteroatoms. The van der Waals surface area contributed by atoms with Crippen molar-refractivity contribution in [1.29, 1.82) is 0 Å². The summed E-state index contributed by atoms with van der Waals surface area (Å²) in [5, 5.41) is 2.67. The Morgan fingerprint density at radius 2 is 1.67 bits per heavy atom. The molecule has 2 aromatic rings. The number of nitrogens with one attached hydrogen (secondary N) is 1. The maximum absolute atomic E-state index is 13.0. The van der Waals surface area contributed by atoms with Crippen molar-refractivity contribution in [3.05, 3.63) is 65.7 Å². The van der Waals surface area contributed by atoms with Crippen LogP contribution >= 0.6 is 0 Å². The lowest BCUT2D eigenvalue weighted by molar-refractivity contribution is -0.142. The van der Waals surface area contributed by atoms with Gasteiger partial charge in [0.2, 0.25) is 5.91 Å². The number of benzene rings is 2. The molecule has 0 radical (unpaired) electrons. The molecule has 0 spiro atoms. The molecule has 2 rings (SSSR count). The zero-order chi connectivity index (χ0) is 22.1. The lowest BCUT2D eigenvalue weighted by atomic mass is 9.87. The fourth-order valence-electron chi connectivity index (χ4n) is 3.34. The van der Waals surface area contributed by atoms with Gasteiger partial charge in [0.15, 0.2) is 6.61 Å². The van der Waals surface area contributed by atoms with Crippen LogP contribution in [0.3, 0.4) is 0 Å². The van der Waals surface area contributed by atoms with Gasteiger partial charge in [0, 0.05) is 13.6 Å². The Labute approximate surface area is 180 Å². The first-order valence-electron chi connectivity index (χ1n) is 10.5. The van der Waals surface area contributed by atoms with Crippen LogP contribution in [-0.4, -0.2) is 43.0 Å². The van der Waals surface area contributed by atoms with Crippen LogP contribution < -0.4 is 10.1 Å². The maximum Gasteiger partial charge on any atom is 0.261 e. The molecule has 0 saturated carbocycles. The molecular formula is C25H34N2O3. The summed E-state index contributed by atoms with van der Waals surface area (Å²) >= 11 is 0. The van der Waals surface area contributed by atoms with Gasteiger partial charge in [-0.05, 0) is 41.5 Å². The van der Waals surface area contributed by atoms with Gasteiger partial charge < -0.3 is 15.0 Å². The Kier molecular flexibility index (Phi) is 8.46. The van der Waals surface area contributed by atoms with E-state index in [9.17, 15) is 9.59 Å². The summed E-state index contributed by atoms with van der Waals surface area (Å²) in [6.45, 7) is 8.73. The highest BCUT2D eigenvalue weighted by Crippen LogP contribution is 2.24. The highest BCUT2D eigenvalue weighted by molar-refractivity contribution is 5.88. The summed E-state index contributed by atoms with van der Waals surface area (Å²) < 4.78 is 5.75. The standard InChI is InChI=1S/C25H34N2O3/c1-6-22(24(29)26-5)27(17-16-19-10-8-7-9-11-19)23(28)18-30-21-14-12-20(13-15-21)25(2,3)4/h7-15,22H,6,16-18H2,1-5H3,(H,26,29)/t22-/m1/s1. The van der Waals surface area contributed by atoms with E-state index in [1.54, 1.807) is 11.9 Å². The number of hydrogen-bond donors (Lipinski definition) is 1. The number of rotatable bonds is 9. The molecule has 0 saturated heterocycles. The molecule has 0 aromatic heterocycles. The van der Waals surface area contributed by atoms with E-state index in [2.05, 4.69) is 26.1 Å². The SMILES string of the molecule is CC[C@H](C(=O)NC)N(CCc1ccccc1)C(=O)COc1ccc(C(C)(C)C)cc1. The third-order valence-corrected chi connectivity index (χ3v) is 5.20. The zero-order valence-electron chi connectivity index (χ0n) is 18.8. The highest BCUT2D eigenvalue weighted by Gasteiger charge is 2.27. The third kappa shape index (κ3) is 6.61. The van der Waals surface area contributed by atoms with Gasteiger partial charge in [-0.15, -0.1) is 0 Å². The van der Waals surface area contributed by atoms with Crippen molar-refractivity contribution in [1.82, 2.24) is 10.2 Å². The van der Waals surface area contributed by atoms with Crippen LogP contribution in [0.15, 0.2) is 54.6 Å². The van der Waals surface area contributed by atoms with Gasteiger partial charge in [-0.3, -0.25) is 9.59 Å². The zero-order valence-corrected chi connectivity index (χ0v) is 18.8. The Bertz CT molecular complexity index is 811. The minimum absolute atomic E-state index is 0.0600. The second kappa shape index (κ2) is 10.8. The molecule has 162 valence electrons. The van der Waals surface area contributed by atoms with Gasteiger partial charge in [0.1, 0.15) is 11.8 Å². The van der Waals surface area contributed by atoms with Crippen LogP contribution in [0, 0.1) is 0 Å². The van der Waals surface area contributed by atoms with Crippen molar-refractivity contribution in [2.75, 3.05) is 20.2 Å². The highest BCUT2D eigenvalue weighted by atomic mass is 16.5. The van der Waals surface area contributed by atoms with Crippen molar-refractivity contribution in [2.24, 2.45) is 0 Å². The molecule has 0 heterocycles. The van der Waals surface area contributed by atoms with E-state index >= 15 is 0 Å². The Morgan fingerprint density at radius 3 is 2.20 bits per heavy atom. The van der Waals surface area contributed by atoms with Crippen LogP contribution in [0.1, 0.15) is 45.2 Å². The van der Waals surface area contributed by atoms with Gasteiger partial charge in [0.05, 0.1) is 0 Å². The summed E-state index contributed by atoms with van der Waals surface area (Å²) in [6, 6.07) is 17.3. The molecule has 0 fully saturated rings. The summed E-state index contributed by atoms with van der Waals surface area (Å²) in [7, 11) is 1.60. The van der Waals surface area contributed by atoms with Gasteiger partial charge >= 0.3 is 0 Å². The number of carbonyl (C=O) groups excluding carboxylic acids is 2. The van der Waals surface area contributed by atoms with E-state index in [4.69, 9.17) is 4.74 Å². The number of nitrogens with zero attached hydrogens (tertiary/aromatic N) is 1. The number of amides is 2. The Hall–Kier alpha value is -2.82. The molecule has 0 aliphatic carbocycles. The summed E-state index contributed by atoms with van der Waals surface area (Å²) in [6.07, 6.45) is 1.22. The monoisotopic (exact) mass is 410 g/mol. The summed E-state index contributed by atoms with van der Waals surface area (Å²) in [4.78, 5) is 27.0. The fourth-order valence-corrected chi connectivity index (χ4v) is 3.34. The quantitative estimate of drug-likeness (QED) is 0.681. The van der Waals surface area contributed by atoms with Crippen molar-refractivity contribution in [2.45, 2.75) is 52.0 Å². The van der Waals surface area contributed by atoms with Crippen LogP contribution in [0.2, 0.25) is 0 Å². The van der Waals surface area contributed by atoms with Crippen LogP contribution in [0.5, 0.6) is 5.75 Å². The Morgan fingerprint density at radius 1 is 1.03 bits per heavy atom. The predicted octanol–water partition coefficient (Wildman–Crippen LogP) is 3.96. The van der Waals surface area contributed by atoms with Gasteiger partial charge in [-0.1, -0.05) is 70.2 Å². The molecule has 1 N–H and O–H groups in total. The predicted molar refractivity (Wildman–Crippen MR) is 121 cm³/mol. The molecule has 2 amide bonds. The van der Waals surface area contributed by atoms with Gasteiger partial charge in [-0.25, -0.2) is 0 Å². The number of ether oxygens (including phenoxy) is 1. The molecular weight excluding hydrogens is 376 g/mol. The number of hydrogen-bond acceptors (Lipinski definition) is 3. The average Bonchev–Trinajstić information content (AvgIpc) is 2.74. The summed E-state index contributed by atoms with van der Waals surface area (Å²) in [5.74, 6) is 0.294. The van der Waals surface area contributed by atoms with Crippen LogP contribution in [0.4, 0.5) is 0 Å². The van der Waals surface area contributed by atoms with E-state index in [0.29, 0.717) is 25.1 Å². The molecule has 0 aliphatic heterocycles. The maximum atomic E-state index is 13.0. The smallest absolute Gasteiger partial charge is 0.261 e. The van der Waals surface area contributed by atoms with Gasteiger partial charge in [-0.2, -0.15) is 0 Å². The largest absolute Gasteiger partial charge is 0.484 e. The normalized spacial score (nSPS) is 12.2. The molecule has 2 aromatic carbocycles. The minimum Gasteiger partial charge on any atom is -0.484 e. The number of likely N-dealkylation sites (N-methyl/N-ethyl adjacent to an activating group) is 1. The molecule has 30 heavy (non-hydrogen) atoms. The third-order valence-electron chi connectivity index (χ3n) is 5.20. The lowest BCUT2D eigenvalue weighted by Gasteiger charge is -2.30. The van der Waals surface area contributed by atoms with Crippen molar-refractivity contribution < 1.29 is 14.3 Å². The average molecular weight is 411 g/mol. The van der Waals surface area contributed by atoms with E-state index < -0.39 is 6.04 Å². The first-order valence-corrected chi connectivity index (χ1v) is 10.5. The summed E-state index contributed by atoms with van der Waals surface area (Å²) in [5.41, 5.74) is 2.39. The van der Waals surface area contributed by atoms with Gasteiger partial charge in [0.25, 0.3) is 5.91 Å². The minimum atomic E-state index is -0.516. The van der Waals surface area contributed by atoms with E-state index in [-0.39, 0.29) is 23.8 Å². The molecule has 0 aliphatic rings. The second-order valence-electron chi connectivity index (χ2n) is 8.42. The topological polar surface area (TPSA) is 58.6 Å². The number of carbonyl (C=O) groups is 2. The molecule has 1 atom stereocenters. The van der Waals surface area contributed by atoms with Crippen molar-refractivity contribution in [3.63, 3.8) is 0 Å². The van der Waals surface area contributed by atoms with Crippen LogP contribution in [0.25, 0.3) is 0 Å². The van der Waals surface area contributed by atoms with Crippen LogP contribution in [-0.2, 0) is 21.4 Å². The molecule has 0 bridgehead atoms. The molecule has 0 unspecified atom stereocenters. The Balaban J connectivity index is 2.08. The van der Waals surface area contributed by atoms with Crippen molar-refractivity contribution in [3.8, 4) is 5.75 Å². The van der Waals surface area contributed by atoms with E-state index in [0.717, 1.165) is 5.56 Å². The lowest BCUT2D eigenvalue weighted by Crippen LogP contribution is -2.50. The first-order chi connectivity index (χ1) is 14.3. The van der Waals surface area contributed by atoms with Crippen molar-refractivity contribution >= 4 is 11.8 Å². The second-order valence-corrected chi connectivity index (χ2v) is 8.42.